The number of hydrogen-bond acceptors (Lipinski definition) is 7. The van der Waals surface area contributed by atoms with Gasteiger partial charge in [-0.3, -0.25) is 19.5 Å². The first kappa shape index (κ1) is 22.0. The van der Waals surface area contributed by atoms with E-state index in [1.807, 2.05) is 6.92 Å². The molecule has 2 fully saturated rings. The van der Waals surface area contributed by atoms with Crippen LogP contribution in [0.3, 0.4) is 0 Å². The number of ketones is 1. The summed E-state index contributed by atoms with van der Waals surface area (Å²) in [6.45, 7) is 6.22. The molecular weight excluding hydrogens is 410 g/mol. The molecule has 2 aromatic rings. The van der Waals surface area contributed by atoms with Crippen LogP contribution in [0.4, 0.5) is 0 Å². The zero-order chi connectivity index (χ0) is 22.5. The zero-order valence-electron chi connectivity index (χ0n) is 18.1. The van der Waals surface area contributed by atoms with Gasteiger partial charge in [0.1, 0.15) is 11.5 Å². The summed E-state index contributed by atoms with van der Waals surface area (Å²) in [6.07, 6.45) is 3.24. The first-order valence-corrected chi connectivity index (χ1v) is 10.8. The Balaban J connectivity index is 1.71. The lowest BCUT2D eigenvalue weighted by Gasteiger charge is -2.31. The Hall–Kier alpha value is -3.23. The molecule has 1 N–H and O–H groups in total. The van der Waals surface area contributed by atoms with Crippen molar-refractivity contribution in [1.29, 1.82) is 0 Å². The molecule has 2 saturated heterocycles. The molecule has 0 spiro atoms. The van der Waals surface area contributed by atoms with Crippen LogP contribution >= 0.6 is 0 Å². The Labute approximate surface area is 187 Å². The van der Waals surface area contributed by atoms with Crippen molar-refractivity contribution >= 4 is 17.4 Å². The molecule has 4 rings (SSSR count). The molecule has 2 aliphatic rings. The van der Waals surface area contributed by atoms with Crippen molar-refractivity contribution in [1.82, 2.24) is 14.8 Å². The number of ether oxygens (including phenoxy) is 2. The topological polar surface area (TPSA) is 92.2 Å². The molecular formula is C24H27N3O5. The van der Waals surface area contributed by atoms with Crippen LogP contribution in [0.2, 0.25) is 0 Å². The smallest absolute Gasteiger partial charge is 0.295 e. The molecule has 2 aliphatic heterocycles. The summed E-state index contributed by atoms with van der Waals surface area (Å²) in [4.78, 5) is 33.9. The first-order chi connectivity index (χ1) is 15.6. The number of hydrogen-bond donors (Lipinski definition) is 1. The van der Waals surface area contributed by atoms with Crippen LogP contribution < -0.4 is 4.74 Å². The van der Waals surface area contributed by atoms with E-state index in [1.54, 1.807) is 53.7 Å². The minimum absolute atomic E-state index is 0.0804. The predicted octanol–water partition coefficient (Wildman–Crippen LogP) is 2.23. The number of likely N-dealkylation sites (tertiary alicyclic amines) is 1. The molecule has 8 nitrogen and oxygen atoms in total. The fraction of sp³-hybridized carbons (Fsp3) is 0.375. The van der Waals surface area contributed by atoms with Gasteiger partial charge in [0.2, 0.25) is 0 Å². The maximum absolute atomic E-state index is 13.1. The van der Waals surface area contributed by atoms with E-state index in [9.17, 15) is 14.7 Å². The molecule has 168 valence electrons. The van der Waals surface area contributed by atoms with Crippen LogP contribution in [0, 0.1) is 0 Å². The number of benzene rings is 1. The van der Waals surface area contributed by atoms with Gasteiger partial charge in [-0.2, -0.15) is 0 Å². The van der Waals surface area contributed by atoms with Gasteiger partial charge < -0.3 is 19.5 Å². The summed E-state index contributed by atoms with van der Waals surface area (Å²) in [6, 6.07) is 9.74. The van der Waals surface area contributed by atoms with E-state index < -0.39 is 17.7 Å². The van der Waals surface area contributed by atoms with Crippen LogP contribution in [0.1, 0.15) is 24.1 Å². The summed E-state index contributed by atoms with van der Waals surface area (Å²) in [5.41, 5.74) is 1.24. The zero-order valence-corrected chi connectivity index (χ0v) is 18.1. The highest BCUT2D eigenvalue weighted by atomic mass is 16.5. The number of Topliss-reactive ketones (excluding diaryl/α,β-unsaturated/α-hetero) is 1. The van der Waals surface area contributed by atoms with Gasteiger partial charge in [-0.25, -0.2) is 0 Å². The van der Waals surface area contributed by atoms with Gasteiger partial charge >= 0.3 is 0 Å². The average Bonchev–Trinajstić information content (AvgIpc) is 3.09. The van der Waals surface area contributed by atoms with Crippen molar-refractivity contribution in [2.24, 2.45) is 0 Å². The van der Waals surface area contributed by atoms with Gasteiger partial charge in [-0.05, 0) is 36.8 Å². The Morgan fingerprint density at radius 3 is 2.62 bits per heavy atom. The van der Waals surface area contributed by atoms with Crippen LogP contribution in [0.25, 0.3) is 5.76 Å². The number of pyridine rings is 1. The third-order valence-electron chi connectivity index (χ3n) is 5.74. The Kier molecular flexibility index (Phi) is 6.82. The lowest BCUT2D eigenvalue weighted by Crippen LogP contribution is -2.42. The second kappa shape index (κ2) is 9.93. The van der Waals surface area contributed by atoms with Crippen molar-refractivity contribution in [3.8, 4) is 5.75 Å². The summed E-state index contributed by atoms with van der Waals surface area (Å²) < 4.78 is 10.9. The normalized spacial score (nSPS) is 21.2. The highest BCUT2D eigenvalue weighted by Crippen LogP contribution is 2.39. The quantitative estimate of drug-likeness (QED) is 0.403. The Morgan fingerprint density at radius 1 is 1.16 bits per heavy atom. The SMILES string of the molecule is CCOc1cccc(C(O)=C2C(=O)C(=O)N(CCN3CCOCC3)[C@@H]2c2ccncc2)c1. The third kappa shape index (κ3) is 4.51. The fourth-order valence-electron chi connectivity index (χ4n) is 4.13. The van der Waals surface area contributed by atoms with Crippen LogP contribution in [0.15, 0.2) is 54.4 Å². The molecule has 0 bridgehead atoms. The average molecular weight is 437 g/mol. The maximum atomic E-state index is 13.1. The minimum atomic E-state index is -0.687. The molecule has 1 atom stereocenters. The molecule has 32 heavy (non-hydrogen) atoms. The maximum Gasteiger partial charge on any atom is 0.295 e. The number of aromatic nitrogens is 1. The van der Waals surface area contributed by atoms with Crippen molar-refractivity contribution in [3.63, 3.8) is 0 Å². The molecule has 1 aromatic carbocycles. The third-order valence-corrected chi connectivity index (χ3v) is 5.74. The molecule has 0 saturated carbocycles. The largest absolute Gasteiger partial charge is 0.507 e. The van der Waals surface area contributed by atoms with E-state index in [-0.39, 0.29) is 11.3 Å². The van der Waals surface area contributed by atoms with E-state index in [0.717, 1.165) is 18.7 Å². The van der Waals surface area contributed by atoms with Gasteiger partial charge in [0.25, 0.3) is 11.7 Å². The van der Waals surface area contributed by atoms with Crippen molar-refractivity contribution < 1.29 is 24.2 Å². The van der Waals surface area contributed by atoms with Gasteiger partial charge in [0.15, 0.2) is 0 Å². The van der Waals surface area contributed by atoms with Crippen molar-refractivity contribution in [2.75, 3.05) is 46.0 Å². The number of carbonyl (C=O) groups is 2. The van der Waals surface area contributed by atoms with Crippen molar-refractivity contribution in [2.45, 2.75) is 13.0 Å². The number of amides is 1. The number of aliphatic hydroxyl groups is 1. The van der Waals surface area contributed by atoms with Crippen LogP contribution in [-0.4, -0.2) is 77.6 Å². The number of nitrogens with zero attached hydrogens (tertiary/aromatic N) is 3. The Morgan fingerprint density at radius 2 is 1.91 bits per heavy atom. The minimum Gasteiger partial charge on any atom is -0.507 e. The fourth-order valence-corrected chi connectivity index (χ4v) is 4.13. The number of aliphatic hydroxyl groups excluding tert-OH is 1. The van der Waals surface area contributed by atoms with E-state index in [4.69, 9.17) is 9.47 Å². The van der Waals surface area contributed by atoms with Crippen LogP contribution in [-0.2, 0) is 14.3 Å². The predicted molar refractivity (Wildman–Crippen MR) is 118 cm³/mol. The second-order valence-corrected chi connectivity index (χ2v) is 7.69. The number of rotatable bonds is 7. The molecule has 8 heteroatoms. The van der Waals surface area contributed by atoms with E-state index in [0.29, 0.717) is 44.2 Å². The molecule has 3 heterocycles. The Bertz CT molecular complexity index is 1000. The highest BCUT2D eigenvalue weighted by Gasteiger charge is 2.46. The summed E-state index contributed by atoms with van der Waals surface area (Å²) in [5.74, 6) is -0.921. The molecule has 1 amide bonds. The number of morpholine rings is 1. The monoisotopic (exact) mass is 437 g/mol. The summed E-state index contributed by atoms with van der Waals surface area (Å²) in [5, 5.41) is 11.1. The first-order valence-electron chi connectivity index (χ1n) is 10.8. The van der Waals surface area contributed by atoms with E-state index in [1.165, 1.54) is 0 Å². The lowest BCUT2D eigenvalue weighted by atomic mass is 9.96. The van der Waals surface area contributed by atoms with Gasteiger partial charge in [0, 0.05) is 44.1 Å². The van der Waals surface area contributed by atoms with Crippen molar-refractivity contribution in [3.05, 3.63) is 65.5 Å². The standard InChI is InChI=1S/C24H27N3O5/c1-2-32-19-5-3-4-18(16-19)22(28)20-21(17-6-8-25-9-7-17)27(24(30)23(20)29)11-10-26-12-14-31-15-13-26/h3-9,16,21,28H,2,10-15H2,1H3/t21-/m1/s1. The van der Waals surface area contributed by atoms with E-state index >= 15 is 0 Å². The molecule has 0 radical (unpaired) electrons. The highest BCUT2D eigenvalue weighted by molar-refractivity contribution is 6.46. The summed E-state index contributed by atoms with van der Waals surface area (Å²) >= 11 is 0. The number of carbonyl (C=O) groups excluding carboxylic acids is 2. The van der Waals surface area contributed by atoms with Gasteiger partial charge in [-0.1, -0.05) is 12.1 Å². The lowest BCUT2D eigenvalue weighted by molar-refractivity contribution is -0.140. The van der Waals surface area contributed by atoms with Crippen LogP contribution in [0.5, 0.6) is 5.75 Å². The van der Waals surface area contributed by atoms with Gasteiger partial charge in [0.05, 0.1) is 31.4 Å². The molecule has 1 aromatic heterocycles. The molecule has 0 unspecified atom stereocenters. The molecule has 0 aliphatic carbocycles. The summed E-state index contributed by atoms with van der Waals surface area (Å²) in [7, 11) is 0. The second-order valence-electron chi connectivity index (χ2n) is 7.69. The van der Waals surface area contributed by atoms with E-state index in [2.05, 4.69) is 9.88 Å². The van der Waals surface area contributed by atoms with Gasteiger partial charge in [-0.15, -0.1) is 0 Å².